The van der Waals surface area contributed by atoms with E-state index in [2.05, 4.69) is 0 Å². The molecule has 0 aliphatic heterocycles. The summed E-state index contributed by atoms with van der Waals surface area (Å²) in [5.41, 5.74) is 2.14. The first-order valence-electron chi connectivity index (χ1n) is 3.60. The first-order valence-corrected chi connectivity index (χ1v) is 4.36. The van der Waals surface area contributed by atoms with E-state index in [1.807, 2.05) is 26.0 Å². The molecular weight excluding hydrogens is 179 g/mol. The maximum absolute atomic E-state index is 6.01. The summed E-state index contributed by atoms with van der Waals surface area (Å²) in [6.45, 7) is 4.03. The lowest BCUT2D eigenvalue weighted by Crippen LogP contribution is -1.86. The van der Waals surface area contributed by atoms with Gasteiger partial charge in [-0.05, 0) is 30.5 Å². The normalized spacial score (nSPS) is 10.2. The third-order valence-corrected chi connectivity index (χ3v) is 2.61. The maximum Gasteiger partial charge on any atom is 0.0481 e. The van der Waals surface area contributed by atoms with Crippen LogP contribution in [-0.2, 0) is 6.42 Å². The molecule has 0 nitrogen and oxygen atoms in total. The van der Waals surface area contributed by atoms with Gasteiger partial charge in [0.1, 0.15) is 0 Å². The van der Waals surface area contributed by atoms with Gasteiger partial charge in [0, 0.05) is 10.0 Å². The Kier molecular flexibility index (Phi) is 2.80. The summed E-state index contributed by atoms with van der Waals surface area (Å²) in [5.74, 6) is 0. The van der Waals surface area contributed by atoms with Crippen LogP contribution in [0.4, 0.5) is 0 Å². The molecular formula is C9H10Cl2. The Morgan fingerprint density at radius 1 is 1.27 bits per heavy atom. The lowest BCUT2D eigenvalue weighted by Gasteiger charge is -2.05. The second-order valence-electron chi connectivity index (χ2n) is 2.51. The van der Waals surface area contributed by atoms with E-state index >= 15 is 0 Å². The van der Waals surface area contributed by atoms with Crippen LogP contribution in [0.15, 0.2) is 12.1 Å². The molecule has 60 valence electrons. The number of aryl methyl sites for hydroxylation is 1. The molecule has 1 aromatic carbocycles. The lowest BCUT2D eigenvalue weighted by atomic mass is 10.1. The van der Waals surface area contributed by atoms with Crippen LogP contribution in [-0.4, -0.2) is 0 Å². The molecule has 0 aromatic heterocycles. The van der Waals surface area contributed by atoms with E-state index in [9.17, 15) is 0 Å². The molecule has 0 radical (unpaired) electrons. The van der Waals surface area contributed by atoms with Gasteiger partial charge in [0.05, 0.1) is 0 Å². The highest BCUT2D eigenvalue weighted by molar-refractivity contribution is 6.36. The van der Waals surface area contributed by atoms with E-state index in [1.165, 1.54) is 0 Å². The highest BCUT2D eigenvalue weighted by Crippen LogP contribution is 2.27. The van der Waals surface area contributed by atoms with Crippen molar-refractivity contribution < 1.29 is 0 Å². The van der Waals surface area contributed by atoms with Gasteiger partial charge in [0.25, 0.3) is 0 Å². The van der Waals surface area contributed by atoms with Crippen molar-refractivity contribution >= 4 is 23.2 Å². The van der Waals surface area contributed by atoms with Crippen LogP contribution in [0.1, 0.15) is 18.1 Å². The zero-order chi connectivity index (χ0) is 8.43. The van der Waals surface area contributed by atoms with Gasteiger partial charge in [-0.15, -0.1) is 0 Å². The Morgan fingerprint density at radius 3 is 2.36 bits per heavy atom. The van der Waals surface area contributed by atoms with Crippen molar-refractivity contribution in [3.05, 3.63) is 33.3 Å². The predicted octanol–water partition coefficient (Wildman–Crippen LogP) is 3.86. The van der Waals surface area contributed by atoms with Gasteiger partial charge in [0.15, 0.2) is 0 Å². The summed E-state index contributed by atoms with van der Waals surface area (Å²) in [6.07, 6.45) is 0.888. The Labute approximate surface area is 77.1 Å². The fourth-order valence-corrected chi connectivity index (χ4v) is 1.68. The van der Waals surface area contributed by atoms with Gasteiger partial charge in [0.2, 0.25) is 0 Å². The van der Waals surface area contributed by atoms with Gasteiger partial charge >= 0.3 is 0 Å². The van der Waals surface area contributed by atoms with Crippen LogP contribution in [0, 0.1) is 6.92 Å². The predicted molar refractivity (Wildman–Crippen MR) is 50.6 cm³/mol. The summed E-state index contributed by atoms with van der Waals surface area (Å²) >= 11 is 11.9. The largest absolute Gasteiger partial charge is 0.0840 e. The molecule has 0 spiro atoms. The van der Waals surface area contributed by atoms with Crippen LogP contribution in [0.25, 0.3) is 0 Å². The summed E-state index contributed by atoms with van der Waals surface area (Å²) in [6, 6.07) is 3.82. The summed E-state index contributed by atoms with van der Waals surface area (Å²) in [5, 5.41) is 1.57. The number of halogens is 2. The lowest BCUT2D eigenvalue weighted by molar-refractivity contribution is 1.13. The van der Waals surface area contributed by atoms with E-state index in [-0.39, 0.29) is 0 Å². The van der Waals surface area contributed by atoms with Crippen molar-refractivity contribution in [2.45, 2.75) is 20.3 Å². The molecule has 0 amide bonds. The topological polar surface area (TPSA) is 0 Å². The van der Waals surface area contributed by atoms with Crippen molar-refractivity contribution in [3.63, 3.8) is 0 Å². The molecule has 0 aliphatic carbocycles. The molecule has 0 heterocycles. The number of rotatable bonds is 1. The molecule has 0 aliphatic rings. The zero-order valence-corrected chi connectivity index (χ0v) is 8.13. The molecule has 0 unspecified atom stereocenters. The zero-order valence-electron chi connectivity index (χ0n) is 6.62. The highest BCUT2D eigenvalue weighted by Gasteiger charge is 2.04. The van der Waals surface area contributed by atoms with Crippen LogP contribution in [0.3, 0.4) is 0 Å². The molecule has 11 heavy (non-hydrogen) atoms. The Bertz CT molecular complexity index is 267. The third kappa shape index (κ3) is 1.69. The van der Waals surface area contributed by atoms with Crippen molar-refractivity contribution in [2.75, 3.05) is 0 Å². The minimum absolute atomic E-state index is 0.767. The van der Waals surface area contributed by atoms with E-state index < -0.39 is 0 Å². The van der Waals surface area contributed by atoms with Crippen LogP contribution < -0.4 is 0 Å². The number of hydrogen-bond acceptors (Lipinski definition) is 0. The molecule has 0 atom stereocenters. The van der Waals surface area contributed by atoms with Gasteiger partial charge in [-0.25, -0.2) is 0 Å². The Hall–Kier alpha value is -0.200. The first-order chi connectivity index (χ1) is 5.16. The van der Waals surface area contributed by atoms with Crippen molar-refractivity contribution in [2.24, 2.45) is 0 Å². The molecule has 0 N–H and O–H groups in total. The second kappa shape index (κ2) is 3.46. The van der Waals surface area contributed by atoms with Crippen LogP contribution in [0.2, 0.25) is 10.0 Å². The molecule has 0 saturated carbocycles. The molecule has 1 rings (SSSR count). The smallest absolute Gasteiger partial charge is 0.0481 e. The average molecular weight is 189 g/mol. The third-order valence-electron chi connectivity index (χ3n) is 1.73. The van der Waals surface area contributed by atoms with Gasteiger partial charge in [-0.1, -0.05) is 36.2 Å². The fraction of sp³-hybridized carbons (Fsp3) is 0.333. The van der Waals surface area contributed by atoms with Crippen molar-refractivity contribution in [3.8, 4) is 0 Å². The van der Waals surface area contributed by atoms with E-state index in [0.29, 0.717) is 0 Å². The van der Waals surface area contributed by atoms with Crippen molar-refractivity contribution in [1.82, 2.24) is 0 Å². The molecule has 0 bridgehead atoms. The second-order valence-corrected chi connectivity index (χ2v) is 3.30. The fourth-order valence-electron chi connectivity index (χ4n) is 1.04. The van der Waals surface area contributed by atoms with E-state index in [4.69, 9.17) is 23.2 Å². The monoisotopic (exact) mass is 188 g/mol. The summed E-state index contributed by atoms with van der Waals surface area (Å²) in [4.78, 5) is 0. The Balaban J connectivity index is 3.29. The SMILES string of the molecule is CCc1c(Cl)ccc(C)c1Cl. The number of benzene rings is 1. The molecule has 1 aromatic rings. The van der Waals surface area contributed by atoms with Crippen LogP contribution in [0.5, 0.6) is 0 Å². The van der Waals surface area contributed by atoms with E-state index in [0.717, 1.165) is 27.6 Å². The minimum Gasteiger partial charge on any atom is -0.0840 e. The van der Waals surface area contributed by atoms with Gasteiger partial charge in [-0.2, -0.15) is 0 Å². The Morgan fingerprint density at radius 2 is 1.91 bits per heavy atom. The first kappa shape index (κ1) is 8.89. The standard InChI is InChI=1S/C9H10Cl2/c1-3-7-8(10)5-4-6(2)9(7)11/h4-5H,3H2,1-2H3. The summed E-state index contributed by atoms with van der Waals surface area (Å²) in [7, 11) is 0. The van der Waals surface area contributed by atoms with Gasteiger partial charge in [-0.3, -0.25) is 0 Å². The minimum atomic E-state index is 0.767. The maximum atomic E-state index is 6.01. The van der Waals surface area contributed by atoms with Crippen molar-refractivity contribution in [1.29, 1.82) is 0 Å². The van der Waals surface area contributed by atoms with Crippen LogP contribution >= 0.6 is 23.2 Å². The molecule has 0 saturated heterocycles. The molecule has 0 fully saturated rings. The quantitative estimate of drug-likeness (QED) is 0.629. The average Bonchev–Trinajstić information content (AvgIpc) is 1.99. The van der Waals surface area contributed by atoms with E-state index in [1.54, 1.807) is 0 Å². The highest BCUT2D eigenvalue weighted by atomic mass is 35.5. The number of hydrogen-bond donors (Lipinski definition) is 0. The molecule has 2 heteroatoms. The summed E-state index contributed by atoms with van der Waals surface area (Å²) < 4.78 is 0. The van der Waals surface area contributed by atoms with Gasteiger partial charge < -0.3 is 0 Å².